The molecule has 0 rings (SSSR count). The summed E-state index contributed by atoms with van der Waals surface area (Å²) < 4.78 is 4.91. The highest BCUT2D eigenvalue weighted by molar-refractivity contribution is 6.02. The van der Waals surface area contributed by atoms with E-state index in [4.69, 9.17) is 4.74 Å². The van der Waals surface area contributed by atoms with Crippen LogP contribution in [0, 0.1) is 5.41 Å². The Morgan fingerprint density at radius 3 is 2.38 bits per heavy atom. The van der Waals surface area contributed by atoms with E-state index in [0.29, 0.717) is 13.0 Å². The largest absolute Gasteiger partial charge is 0.465 e. The maximum atomic E-state index is 11.7. The van der Waals surface area contributed by atoms with Crippen LogP contribution >= 0.6 is 0 Å². The number of carbonyl (C=O) groups excluding carboxylic acids is 2. The third kappa shape index (κ3) is 4.01. The van der Waals surface area contributed by atoms with Gasteiger partial charge >= 0.3 is 5.97 Å². The summed E-state index contributed by atoms with van der Waals surface area (Å²) >= 11 is 0. The summed E-state index contributed by atoms with van der Waals surface area (Å²) in [7, 11) is 0. The first-order valence-electron chi connectivity index (χ1n) is 5.45. The molecule has 0 spiro atoms. The fraction of sp³-hybridized carbons (Fsp3) is 0.538. The maximum Gasteiger partial charge on any atom is 0.319 e. The van der Waals surface area contributed by atoms with Gasteiger partial charge in [-0.05, 0) is 34.1 Å². The first-order chi connectivity index (χ1) is 7.49. The number of hydrogen-bond acceptors (Lipinski definition) is 3. The molecule has 0 radical (unpaired) electrons. The first-order valence-corrected chi connectivity index (χ1v) is 5.45. The van der Waals surface area contributed by atoms with Crippen LogP contribution in [-0.4, -0.2) is 18.4 Å². The van der Waals surface area contributed by atoms with Crippen molar-refractivity contribution in [2.45, 2.75) is 34.1 Å². The van der Waals surface area contributed by atoms with Crippen LogP contribution in [0.5, 0.6) is 0 Å². The minimum Gasteiger partial charge on any atom is -0.465 e. The van der Waals surface area contributed by atoms with E-state index in [9.17, 15) is 9.59 Å². The van der Waals surface area contributed by atoms with E-state index in [0.717, 1.165) is 0 Å². The van der Waals surface area contributed by atoms with Gasteiger partial charge in [-0.2, -0.15) is 0 Å². The Bertz CT molecular complexity index is 302. The molecule has 0 N–H and O–H groups in total. The average Bonchev–Trinajstić information content (AvgIpc) is 2.24. The van der Waals surface area contributed by atoms with Crippen molar-refractivity contribution >= 4 is 11.8 Å². The third-order valence-electron chi connectivity index (χ3n) is 2.47. The van der Waals surface area contributed by atoms with Crippen molar-refractivity contribution in [3.8, 4) is 0 Å². The molecular weight excluding hydrogens is 204 g/mol. The van der Waals surface area contributed by atoms with Crippen LogP contribution < -0.4 is 0 Å². The molecule has 16 heavy (non-hydrogen) atoms. The molecule has 0 aliphatic carbocycles. The van der Waals surface area contributed by atoms with Gasteiger partial charge in [0.1, 0.15) is 11.2 Å². The van der Waals surface area contributed by atoms with Gasteiger partial charge in [0.2, 0.25) is 0 Å². The van der Waals surface area contributed by atoms with Crippen molar-refractivity contribution in [3.05, 3.63) is 24.3 Å². The molecule has 0 aromatic rings. The summed E-state index contributed by atoms with van der Waals surface area (Å²) in [4.78, 5) is 23.2. The second kappa shape index (κ2) is 6.99. The van der Waals surface area contributed by atoms with Gasteiger partial charge in [-0.15, -0.1) is 0 Å². The topological polar surface area (TPSA) is 43.4 Å². The molecule has 0 aliphatic rings. The number of ether oxygens (including phenoxy) is 1. The number of esters is 1. The van der Waals surface area contributed by atoms with Crippen LogP contribution in [0.1, 0.15) is 34.1 Å². The predicted molar refractivity (Wildman–Crippen MR) is 64.0 cm³/mol. The molecule has 0 bridgehead atoms. The molecule has 0 amide bonds. The van der Waals surface area contributed by atoms with Gasteiger partial charge < -0.3 is 4.74 Å². The summed E-state index contributed by atoms with van der Waals surface area (Å²) in [5.41, 5.74) is -1.06. The quantitative estimate of drug-likeness (QED) is 0.396. The van der Waals surface area contributed by atoms with E-state index >= 15 is 0 Å². The fourth-order valence-corrected chi connectivity index (χ4v) is 1.15. The third-order valence-corrected chi connectivity index (χ3v) is 2.47. The lowest BCUT2D eigenvalue weighted by Gasteiger charge is -2.22. The van der Waals surface area contributed by atoms with Crippen molar-refractivity contribution in [2.75, 3.05) is 6.61 Å². The van der Waals surface area contributed by atoms with Gasteiger partial charge in [0.25, 0.3) is 0 Å². The van der Waals surface area contributed by atoms with E-state index in [-0.39, 0.29) is 5.78 Å². The normalized spacial score (nSPS) is 15.2. The van der Waals surface area contributed by atoms with Crippen LogP contribution in [0.15, 0.2) is 24.3 Å². The lowest BCUT2D eigenvalue weighted by Crippen LogP contribution is -2.36. The Labute approximate surface area is 97.2 Å². The van der Waals surface area contributed by atoms with Gasteiger partial charge in [-0.3, -0.25) is 9.59 Å². The molecule has 3 heteroatoms. The van der Waals surface area contributed by atoms with Gasteiger partial charge in [0.05, 0.1) is 6.61 Å². The summed E-state index contributed by atoms with van der Waals surface area (Å²) in [6.07, 6.45) is 7.72. The summed E-state index contributed by atoms with van der Waals surface area (Å²) in [5.74, 6) is -0.622. The maximum absolute atomic E-state index is 11.7. The zero-order valence-corrected chi connectivity index (χ0v) is 10.4. The van der Waals surface area contributed by atoms with Crippen LogP contribution in [0.4, 0.5) is 0 Å². The molecule has 0 aliphatic heterocycles. The molecule has 0 heterocycles. The second-order valence-electron chi connectivity index (χ2n) is 3.77. The molecule has 90 valence electrons. The summed E-state index contributed by atoms with van der Waals surface area (Å²) in [5, 5.41) is 0. The second-order valence-corrected chi connectivity index (χ2v) is 3.77. The number of ketones is 1. The minimum absolute atomic E-state index is 0.170. The molecule has 0 saturated carbocycles. The van der Waals surface area contributed by atoms with E-state index in [1.165, 1.54) is 6.92 Å². The summed E-state index contributed by atoms with van der Waals surface area (Å²) in [6, 6.07) is 0. The Morgan fingerprint density at radius 2 is 1.94 bits per heavy atom. The van der Waals surface area contributed by atoms with Crippen LogP contribution in [0.2, 0.25) is 0 Å². The Balaban J connectivity index is 4.70. The molecule has 0 fully saturated rings. The fourth-order valence-electron chi connectivity index (χ4n) is 1.15. The van der Waals surface area contributed by atoms with Crippen molar-refractivity contribution in [1.29, 1.82) is 0 Å². The van der Waals surface area contributed by atoms with E-state index in [1.54, 1.807) is 19.9 Å². The molecule has 0 aromatic heterocycles. The Kier molecular flexibility index (Phi) is 6.38. The number of carbonyl (C=O) groups is 2. The number of Topliss-reactive ketones (excluding diaryl/α,β-unsaturated/α-hetero) is 1. The van der Waals surface area contributed by atoms with Crippen LogP contribution in [-0.2, 0) is 14.3 Å². The molecule has 1 atom stereocenters. The van der Waals surface area contributed by atoms with Gasteiger partial charge in [0, 0.05) is 0 Å². The zero-order chi connectivity index (χ0) is 12.6. The Hall–Kier alpha value is -1.38. The SMILES string of the molecule is C/C=C/C=C/CC(C)(C(C)=O)C(=O)OCC. The lowest BCUT2D eigenvalue weighted by atomic mass is 9.83. The highest BCUT2D eigenvalue weighted by Crippen LogP contribution is 2.25. The van der Waals surface area contributed by atoms with E-state index in [1.807, 2.05) is 25.2 Å². The molecule has 3 nitrogen and oxygen atoms in total. The van der Waals surface area contributed by atoms with Gasteiger partial charge in [-0.25, -0.2) is 0 Å². The zero-order valence-electron chi connectivity index (χ0n) is 10.4. The van der Waals surface area contributed by atoms with Gasteiger partial charge in [0.15, 0.2) is 0 Å². The highest BCUT2D eigenvalue weighted by Gasteiger charge is 2.38. The number of hydrogen-bond donors (Lipinski definition) is 0. The molecule has 1 unspecified atom stereocenters. The average molecular weight is 224 g/mol. The molecular formula is C13H20O3. The van der Waals surface area contributed by atoms with E-state index in [2.05, 4.69) is 0 Å². The van der Waals surface area contributed by atoms with Crippen LogP contribution in [0.3, 0.4) is 0 Å². The van der Waals surface area contributed by atoms with Crippen molar-refractivity contribution in [2.24, 2.45) is 5.41 Å². The highest BCUT2D eigenvalue weighted by atomic mass is 16.5. The molecule has 0 saturated heterocycles. The van der Waals surface area contributed by atoms with E-state index < -0.39 is 11.4 Å². The Morgan fingerprint density at radius 1 is 1.31 bits per heavy atom. The lowest BCUT2D eigenvalue weighted by molar-refractivity contribution is -0.158. The van der Waals surface area contributed by atoms with Gasteiger partial charge in [-0.1, -0.05) is 24.3 Å². The van der Waals surface area contributed by atoms with Crippen LogP contribution in [0.25, 0.3) is 0 Å². The minimum atomic E-state index is -1.06. The first kappa shape index (κ1) is 14.6. The van der Waals surface area contributed by atoms with Crippen molar-refractivity contribution in [1.82, 2.24) is 0 Å². The standard InChI is InChI=1S/C13H20O3/c1-5-7-8-9-10-13(4,11(3)14)12(15)16-6-2/h5,7-9H,6,10H2,1-4H3/b7-5+,9-8+. The number of rotatable bonds is 6. The number of allylic oxidation sites excluding steroid dienone is 4. The predicted octanol–water partition coefficient (Wildman–Crippen LogP) is 2.67. The smallest absolute Gasteiger partial charge is 0.319 e. The summed E-state index contributed by atoms with van der Waals surface area (Å²) in [6.45, 7) is 6.96. The van der Waals surface area contributed by atoms with Crippen molar-refractivity contribution < 1.29 is 14.3 Å². The molecule has 0 aromatic carbocycles. The van der Waals surface area contributed by atoms with Crippen molar-refractivity contribution in [3.63, 3.8) is 0 Å². The monoisotopic (exact) mass is 224 g/mol.